The Balaban J connectivity index is 1.16. The zero-order valence-electron chi connectivity index (χ0n) is 18.9. The Morgan fingerprint density at radius 2 is 1.75 bits per heavy atom. The van der Waals surface area contributed by atoms with Crippen molar-refractivity contribution in [2.45, 2.75) is 52.3 Å². The molecule has 1 aromatic carbocycles. The van der Waals surface area contributed by atoms with Gasteiger partial charge in [0.1, 0.15) is 19.4 Å². The SMILES string of the molecule is CC1=C(N2CCC3(CCN(CCc4ccc5c(c4C)COC5=O)CC3)C(F)C2)COC1=O. The summed E-state index contributed by atoms with van der Waals surface area (Å²) in [5.41, 5.74) is 5.39. The van der Waals surface area contributed by atoms with Crippen molar-refractivity contribution < 1.29 is 23.5 Å². The predicted octanol–water partition coefficient (Wildman–Crippen LogP) is 3.16. The number of carbonyl (C=O) groups excluding carboxylic acids is 2. The number of halogens is 1. The van der Waals surface area contributed by atoms with Gasteiger partial charge in [0.05, 0.1) is 16.8 Å². The van der Waals surface area contributed by atoms with E-state index < -0.39 is 6.17 Å². The Morgan fingerprint density at radius 3 is 2.44 bits per heavy atom. The van der Waals surface area contributed by atoms with Gasteiger partial charge in [0.25, 0.3) is 0 Å². The highest BCUT2D eigenvalue weighted by molar-refractivity contribution is 5.94. The summed E-state index contributed by atoms with van der Waals surface area (Å²) < 4.78 is 25.7. The second-order valence-electron chi connectivity index (χ2n) is 9.72. The number of fused-ring (bicyclic) bond motifs is 1. The van der Waals surface area contributed by atoms with Crippen molar-refractivity contribution in [3.05, 3.63) is 45.7 Å². The molecule has 4 aliphatic rings. The van der Waals surface area contributed by atoms with Crippen LogP contribution in [0, 0.1) is 12.3 Å². The molecule has 0 aliphatic carbocycles. The summed E-state index contributed by atoms with van der Waals surface area (Å²) in [5, 5.41) is 0. The normalized spacial score (nSPS) is 25.3. The van der Waals surface area contributed by atoms with Crippen LogP contribution in [0.25, 0.3) is 0 Å². The first-order valence-electron chi connectivity index (χ1n) is 11.6. The number of nitrogens with zero attached hydrogens (tertiary/aromatic N) is 2. The molecule has 0 aromatic heterocycles. The van der Waals surface area contributed by atoms with Crippen LogP contribution in [0.4, 0.5) is 4.39 Å². The molecule has 0 N–H and O–H groups in total. The lowest BCUT2D eigenvalue weighted by atomic mass is 9.70. The standard InChI is InChI=1S/C25H31FN2O4/c1-16-18(3-4-19-20(16)14-31-24(19)30)5-9-27-10-6-25(7-11-27)8-12-28(13-22(25)26)21-15-32-23(29)17(21)2/h3-4,22H,5-15H2,1-2H3. The van der Waals surface area contributed by atoms with Crippen LogP contribution in [0.5, 0.6) is 0 Å². The minimum Gasteiger partial charge on any atom is -0.457 e. The van der Waals surface area contributed by atoms with Gasteiger partial charge in [-0.1, -0.05) is 6.07 Å². The van der Waals surface area contributed by atoms with Crippen LogP contribution in [0.3, 0.4) is 0 Å². The quantitative estimate of drug-likeness (QED) is 0.668. The summed E-state index contributed by atoms with van der Waals surface area (Å²) in [7, 11) is 0. The first-order chi connectivity index (χ1) is 15.4. The van der Waals surface area contributed by atoms with E-state index in [1.165, 1.54) is 5.56 Å². The van der Waals surface area contributed by atoms with Crippen molar-refractivity contribution in [3.8, 4) is 0 Å². The molecule has 0 radical (unpaired) electrons. The number of esters is 2. The number of alkyl halides is 1. The average Bonchev–Trinajstić information content (AvgIpc) is 3.33. The third kappa shape index (κ3) is 3.60. The number of hydrogen-bond acceptors (Lipinski definition) is 6. The van der Waals surface area contributed by atoms with Gasteiger partial charge in [-0.3, -0.25) is 0 Å². The van der Waals surface area contributed by atoms with Gasteiger partial charge in [-0.2, -0.15) is 0 Å². The first kappa shape index (κ1) is 21.4. The van der Waals surface area contributed by atoms with Crippen LogP contribution in [0.15, 0.2) is 23.4 Å². The maximum Gasteiger partial charge on any atom is 0.338 e. The second-order valence-corrected chi connectivity index (χ2v) is 9.72. The van der Waals surface area contributed by atoms with E-state index in [2.05, 4.69) is 11.8 Å². The fourth-order valence-electron chi connectivity index (χ4n) is 5.77. The number of benzene rings is 1. The van der Waals surface area contributed by atoms with Gasteiger partial charge in [-0.05, 0) is 69.8 Å². The van der Waals surface area contributed by atoms with E-state index in [1.807, 2.05) is 17.0 Å². The molecule has 0 bridgehead atoms. The lowest BCUT2D eigenvalue weighted by molar-refractivity contribution is -0.136. The van der Waals surface area contributed by atoms with Crippen molar-refractivity contribution in [2.24, 2.45) is 5.41 Å². The molecule has 1 unspecified atom stereocenters. The number of cyclic esters (lactones) is 2. The van der Waals surface area contributed by atoms with Gasteiger partial charge < -0.3 is 19.3 Å². The highest BCUT2D eigenvalue weighted by atomic mass is 19.1. The third-order valence-electron chi connectivity index (χ3n) is 8.21. The topological polar surface area (TPSA) is 59.1 Å². The van der Waals surface area contributed by atoms with E-state index in [0.29, 0.717) is 24.3 Å². The Labute approximate surface area is 188 Å². The van der Waals surface area contributed by atoms with Crippen molar-refractivity contribution in [2.75, 3.05) is 39.3 Å². The molecule has 172 valence electrons. The van der Waals surface area contributed by atoms with Crippen LogP contribution < -0.4 is 0 Å². The van der Waals surface area contributed by atoms with E-state index in [0.717, 1.165) is 68.7 Å². The van der Waals surface area contributed by atoms with Gasteiger partial charge in [0.15, 0.2) is 0 Å². The number of likely N-dealkylation sites (tertiary alicyclic amines) is 2. The summed E-state index contributed by atoms with van der Waals surface area (Å²) in [6.45, 7) is 8.42. The molecule has 2 saturated heterocycles. The Hall–Kier alpha value is -2.41. The van der Waals surface area contributed by atoms with Gasteiger partial charge in [-0.15, -0.1) is 0 Å². The Bertz CT molecular complexity index is 980. The average molecular weight is 443 g/mol. The molecule has 0 saturated carbocycles. The molecule has 1 atom stereocenters. The van der Waals surface area contributed by atoms with Crippen LogP contribution in [-0.4, -0.2) is 67.2 Å². The summed E-state index contributed by atoms with van der Waals surface area (Å²) in [6, 6.07) is 3.94. The largest absolute Gasteiger partial charge is 0.457 e. The molecule has 1 aromatic rings. The zero-order chi connectivity index (χ0) is 22.5. The molecular weight excluding hydrogens is 411 g/mol. The molecule has 5 rings (SSSR count). The van der Waals surface area contributed by atoms with E-state index in [1.54, 1.807) is 6.92 Å². The van der Waals surface area contributed by atoms with Gasteiger partial charge in [0.2, 0.25) is 0 Å². The fraction of sp³-hybridized carbons (Fsp3) is 0.600. The number of carbonyl (C=O) groups is 2. The predicted molar refractivity (Wildman–Crippen MR) is 117 cm³/mol. The van der Waals surface area contributed by atoms with Crippen LogP contribution in [0.2, 0.25) is 0 Å². The van der Waals surface area contributed by atoms with Crippen molar-refractivity contribution in [1.29, 1.82) is 0 Å². The molecular formula is C25H31FN2O4. The van der Waals surface area contributed by atoms with Crippen LogP contribution in [0.1, 0.15) is 53.2 Å². The van der Waals surface area contributed by atoms with E-state index in [-0.39, 0.29) is 24.0 Å². The van der Waals surface area contributed by atoms with Gasteiger partial charge in [0, 0.05) is 30.6 Å². The summed E-state index contributed by atoms with van der Waals surface area (Å²) >= 11 is 0. The number of hydrogen-bond donors (Lipinski definition) is 0. The van der Waals surface area contributed by atoms with Crippen molar-refractivity contribution in [1.82, 2.24) is 9.80 Å². The minimum atomic E-state index is -0.883. The number of piperidine rings is 2. The zero-order valence-corrected chi connectivity index (χ0v) is 18.9. The molecule has 1 spiro atoms. The Kier molecular flexibility index (Phi) is 5.48. The summed E-state index contributed by atoms with van der Waals surface area (Å²) in [6.07, 6.45) is 2.62. The number of ether oxygens (including phenoxy) is 2. The molecule has 2 fully saturated rings. The molecule has 32 heavy (non-hydrogen) atoms. The number of rotatable bonds is 4. The van der Waals surface area contributed by atoms with E-state index in [4.69, 9.17) is 9.47 Å². The second kappa shape index (κ2) is 8.18. The van der Waals surface area contributed by atoms with Gasteiger partial charge in [-0.25, -0.2) is 14.0 Å². The third-order valence-corrected chi connectivity index (χ3v) is 8.21. The molecule has 7 heteroatoms. The minimum absolute atomic E-state index is 0.221. The molecule has 0 amide bonds. The summed E-state index contributed by atoms with van der Waals surface area (Å²) in [4.78, 5) is 27.9. The Morgan fingerprint density at radius 1 is 1.03 bits per heavy atom. The lowest BCUT2D eigenvalue weighted by Gasteiger charge is -2.49. The maximum atomic E-state index is 15.4. The highest BCUT2D eigenvalue weighted by Gasteiger charge is 2.46. The van der Waals surface area contributed by atoms with E-state index >= 15 is 4.39 Å². The summed E-state index contributed by atoms with van der Waals surface area (Å²) in [5.74, 6) is -0.497. The van der Waals surface area contributed by atoms with Crippen LogP contribution >= 0.6 is 0 Å². The first-order valence-corrected chi connectivity index (χ1v) is 11.6. The smallest absolute Gasteiger partial charge is 0.338 e. The maximum absolute atomic E-state index is 15.4. The molecule has 6 nitrogen and oxygen atoms in total. The highest BCUT2D eigenvalue weighted by Crippen LogP contribution is 2.44. The van der Waals surface area contributed by atoms with Crippen LogP contribution in [-0.2, 0) is 27.3 Å². The van der Waals surface area contributed by atoms with Gasteiger partial charge >= 0.3 is 11.9 Å². The molecule has 4 aliphatic heterocycles. The lowest BCUT2D eigenvalue weighted by Crippen LogP contribution is -2.53. The molecule has 4 heterocycles. The van der Waals surface area contributed by atoms with Crippen molar-refractivity contribution in [3.63, 3.8) is 0 Å². The fourth-order valence-corrected chi connectivity index (χ4v) is 5.77. The monoisotopic (exact) mass is 442 g/mol. The van der Waals surface area contributed by atoms with E-state index in [9.17, 15) is 9.59 Å². The van der Waals surface area contributed by atoms with Crippen molar-refractivity contribution >= 4 is 11.9 Å².